The van der Waals surface area contributed by atoms with Gasteiger partial charge in [0.25, 0.3) is 0 Å². The molecule has 6 nitrogen and oxygen atoms in total. The van der Waals surface area contributed by atoms with E-state index in [1.807, 2.05) is 36.1 Å². The highest BCUT2D eigenvalue weighted by Gasteiger charge is 2.07. The molecule has 0 saturated heterocycles. The molecule has 0 fully saturated rings. The maximum atomic E-state index is 5.34. The summed E-state index contributed by atoms with van der Waals surface area (Å²) in [6, 6.07) is 10.2. The van der Waals surface area contributed by atoms with E-state index in [0.29, 0.717) is 11.7 Å². The predicted molar refractivity (Wildman–Crippen MR) is 106 cm³/mol. The molecule has 0 aliphatic rings. The van der Waals surface area contributed by atoms with E-state index < -0.39 is 0 Å². The highest BCUT2D eigenvalue weighted by Crippen LogP contribution is 2.14. The predicted octanol–water partition coefficient (Wildman–Crippen LogP) is 3.22. The van der Waals surface area contributed by atoms with Crippen molar-refractivity contribution in [2.45, 2.75) is 20.0 Å². The minimum Gasteiger partial charge on any atom is -0.357 e. The van der Waals surface area contributed by atoms with Crippen LogP contribution in [0, 0.1) is 6.92 Å². The van der Waals surface area contributed by atoms with Gasteiger partial charge in [0.15, 0.2) is 10.9 Å². The SMILES string of the molecule is Cc1ccccc1Cn1ccc(NC(=S)NCc2c(Br)cnn2C)n1. The molecule has 130 valence electrons. The van der Waals surface area contributed by atoms with Crippen LogP contribution in [0.2, 0.25) is 0 Å². The van der Waals surface area contributed by atoms with Crippen LogP contribution in [0.5, 0.6) is 0 Å². The molecule has 0 amide bonds. The van der Waals surface area contributed by atoms with Gasteiger partial charge in [-0.3, -0.25) is 9.36 Å². The molecule has 0 aliphatic carbocycles. The second-order valence-corrected chi connectivity index (χ2v) is 6.96. The average Bonchev–Trinajstić information content (AvgIpc) is 3.15. The number of hydrogen-bond donors (Lipinski definition) is 2. The van der Waals surface area contributed by atoms with Gasteiger partial charge in [0, 0.05) is 19.3 Å². The fourth-order valence-electron chi connectivity index (χ4n) is 2.44. The standard InChI is InChI=1S/C17H19BrN6S/c1-12-5-3-4-6-13(12)11-24-8-7-16(22-24)21-17(25)19-10-15-14(18)9-20-23(15)2/h3-9H,10-11H2,1-2H3,(H2,19,21,22,25). The Bertz CT molecular complexity index is 865. The summed E-state index contributed by atoms with van der Waals surface area (Å²) in [5.74, 6) is 0.718. The summed E-state index contributed by atoms with van der Waals surface area (Å²) < 4.78 is 4.65. The Labute approximate surface area is 160 Å². The molecule has 0 atom stereocenters. The topological polar surface area (TPSA) is 59.7 Å². The summed E-state index contributed by atoms with van der Waals surface area (Å²) in [6.07, 6.45) is 3.70. The summed E-state index contributed by atoms with van der Waals surface area (Å²) in [5, 5.41) is 15.5. The Kier molecular flexibility index (Phi) is 5.50. The van der Waals surface area contributed by atoms with Crippen molar-refractivity contribution in [2.75, 3.05) is 5.32 Å². The van der Waals surface area contributed by atoms with E-state index in [4.69, 9.17) is 12.2 Å². The first-order chi connectivity index (χ1) is 12.0. The van der Waals surface area contributed by atoms with Crippen molar-refractivity contribution in [2.24, 2.45) is 7.05 Å². The number of rotatable bonds is 5. The third-order valence-corrected chi connectivity index (χ3v) is 4.81. The molecule has 0 saturated carbocycles. The number of benzene rings is 1. The third kappa shape index (κ3) is 4.46. The van der Waals surface area contributed by atoms with Gasteiger partial charge in [-0.15, -0.1) is 0 Å². The smallest absolute Gasteiger partial charge is 0.172 e. The molecule has 2 N–H and O–H groups in total. The van der Waals surface area contributed by atoms with Gasteiger partial charge in [-0.1, -0.05) is 24.3 Å². The fraction of sp³-hybridized carbons (Fsp3) is 0.235. The fourth-order valence-corrected chi connectivity index (χ4v) is 3.10. The molecule has 0 unspecified atom stereocenters. The average molecular weight is 419 g/mol. The first-order valence-corrected chi connectivity index (χ1v) is 9.02. The van der Waals surface area contributed by atoms with Gasteiger partial charge in [0.2, 0.25) is 0 Å². The van der Waals surface area contributed by atoms with Crippen LogP contribution < -0.4 is 10.6 Å². The molecule has 0 radical (unpaired) electrons. The zero-order chi connectivity index (χ0) is 17.8. The number of halogens is 1. The van der Waals surface area contributed by atoms with Gasteiger partial charge in [-0.25, -0.2) is 0 Å². The van der Waals surface area contributed by atoms with Crippen molar-refractivity contribution in [3.63, 3.8) is 0 Å². The Morgan fingerprint density at radius 2 is 2.08 bits per heavy atom. The summed E-state index contributed by atoms with van der Waals surface area (Å²) in [5.41, 5.74) is 3.53. The molecule has 3 rings (SSSR count). The van der Waals surface area contributed by atoms with Crippen LogP contribution in [0.4, 0.5) is 5.82 Å². The van der Waals surface area contributed by atoms with E-state index in [1.165, 1.54) is 11.1 Å². The zero-order valence-corrected chi connectivity index (χ0v) is 16.4. The van der Waals surface area contributed by atoms with Crippen molar-refractivity contribution in [3.8, 4) is 0 Å². The quantitative estimate of drug-likeness (QED) is 0.622. The van der Waals surface area contributed by atoms with E-state index in [9.17, 15) is 0 Å². The lowest BCUT2D eigenvalue weighted by Crippen LogP contribution is -2.29. The van der Waals surface area contributed by atoms with Gasteiger partial charge < -0.3 is 10.6 Å². The minimum absolute atomic E-state index is 0.522. The number of aromatic nitrogens is 4. The van der Waals surface area contributed by atoms with Crippen molar-refractivity contribution < 1.29 is 0 Å². The van der Waals surface area contributed by atoms with Gasteiger partial charge in [0.1, 0.15) is 0 Å². The van der Waals surface area contributed by atoms with Gasteiger partial charge in [-0.2, -0.15) is 10.2 Å². The number of thiocarbonyl (C=S) groups is 1. The summed E-state index contributed by atoms with van der Waals surface area (Å²) in [4.78, 5) is 0. The third-order valence-electron chi connectivity index (χ3n) is 3.90. The summed E-state index contributed by atoms with van der Waals surface area (Å²) in [7, 11) is 1.89. The highest BCUT2D eigenvalue weighted by molar-refractivity contribution is 9.10. The summed E-state index contributed by atoms with van der Waals surface area (Å²) in [6.45, 7) is 3.41. The molecule has 1 aromatic carbocycles. The number of aryl methyl sites for hydroxylation is 2. The molecule has 0 bridgehead atoms. The van der Waals surface area contributed by atoms with E-state index >= 15 is 0 Å². The minimum atomic E-state index is 0.522. The van der Waals surface area contributed by atoms with Crippen molar-refractivity contribution in [1.82, 2.24) is 24.9 Å². The Morgan fingerprint density at radius 3 is 2.80 bits per heavy atom. The number of nitrogens with zero attached hydrogens (tertiary/aromatic N) is 4. The molecule has 3 aromatic rings. The van der Waals surface area contributed by atoms with Gasteiger partial charge in [0.05, 0.1) is 29.5 Å². The molecular formula is C17H19BrN6S. The highest BCUT2D eigenvalue weighted by atomic mass is 79.9. The molecular weight excluding hydrogens is 400 g/mol. The van der Waals surface area contributed by atoms with E-state index in [-0.39, 0.29) is 0 Å². The normalized spacial score (nSPS) is 10.7. The maximum absolute atomic E-state index is 5.34. The maximum Gasteiger partial charge on any atom is 0.172 e. The van der Waals surface area contributed by atoms with Crippen LogP contribution in [0.25, 0.3) is 0 Å². The van der Waals surface area contributed by atoms with Gasteiger partial charge >= 0.3 is 0 Å². The van der Waals surface area contributed by atoms with E-state index in [1.54, 1.807) is 10.9 Å². The number of hydrogen-bond acceptors (Lipinski definition) is 3. The largest absolute Gasteiger partial charge is 0.357 e. The lowest BCUT2D eigenvalue weighted by Gasteiger charge is -2.09. The molecule has 8 heteroatoms. The Hall–Kier alpha value is -2.19. The lowest BCUT2D eigenvalue weighted by molar-refractivity contribution is 0.685. The number of anilines is 1. The summed E-state index contributed by atoms with van der Waals surface area (Å²) >= 11 is 8.81. The van der Waals surface area contributed by atoms with Crippen molar-refractivity contribution in [3.05, 3.63) is 64.0 Å². The number of nitrogens with one attached hydrogen (secondary N) is 2. The monoisotopic (exact) mass is 418 g/mol. The van der Waals surface area contributed by atoms with E-state index in [2.05, 4.69) is 55.8 Å². The van der Waals surface area contributed by atoms with Crippen LogP contribution in [-0.2, 0) is 20.1 Å². The van der Waals surface area contributed by atoms with Crippen molar-refractivity contribution >= 4 is 39.1 Å². The van der Waals surface area contributed by atoms with Crippen molar-refractivity contribution in [1.29, 1.82) is 0 Å². The first-order valence-electron chi connectivity index (χ1n) is 7.82. The molecule has 0 spiro atoms. The molecule has 25 heavy (non-hydrogen) atoms. The Morgan fingerprint density at radius 1 is 1.28 bits per heavy atom. The second kappa shape index (κ2) is 7.79. The van der Waals surface area contributed by atoms with Crippen LogP contribution in [0.1, 0.15) is 16.8 Å². The molecule has 0 aliphatic heterocycles. The van der Waals surface area contributed by atoms with Gasteiger partial charge in [-0.05, 0) is 46.2 Å². The second-order valence-electron chi connectivity index (χ2n) is 5.70. The van der Waals surface area contributed by atoms with Crippen LogP contribution in [0.3, 0.4) is 0 Å². The van der Waals surface area contributed by atoms with Crippen LogP contribution in [0.15, 0.2) is 47.2 Å². The zero-order valence-electron chi connectivity index (χ0n) is 14.0. The van der Waals surface area contributed by atoms with E-state index in [0.717, 1.165) is 22.5 Å². The Balaban J connectivity index is 1.56. The molecule has 2 aromatic heterocycles. The van der Waals surface area contributed by atoms with Crippen LogP contribution in [-0.4, -0.2) is 24.7 Å². The first kappa shape index (κ1) is 17.6. The molecule has 2 heterocycles. The van der Waals surface area contributed by atoms with Crippen LogP contribution >= 0.6 is 28.1 Å². The lowest BCUT2D eigenvalue weighted by atomic mass is 10.1.